The number of nitrogens with one attached hydrogen (secondary N) is 1. The number of anilines is 1. The van der Waals surface area contributed by atoms with E-state index in [0.717, 1.165) is 17.7 Å². The van der Waals surface area contributed by atoms with E-state index in [1.165, 1.54) is 6.07 Å². The molecule has 134 valence electrons. The molecule has 6 heteroatoms. The monoisotopic (exact) mass is 359 g/mol. The Labute approximate surface area is 148 Å². The van der Waals surface area contributed by atoms with E-state index >= 15 is 0 Å². The Morgan fingerprint density at radius 3 is 2.35 bits per heavy atom. The molecule has 0 saturated heterocycles. The number of carbonyl (C=O) groups excluding carboxylic acids is 1. The zero-order valence-electron chi connectivity index (χ0n) is 14.1. The molecule has 0 spiro atoms. The Balaban J connectivity index is 1.88. The molecule has 3 rings (SSSR count). The van der Waals surface area contributed by atoms with Crippen molar-refractivity contribution in [2.45, 2.75) is 20.0 Å². The molecule has 0 aliphatic rings. The van der Waals surface area contributed by atoms with E-state index in [4.69, 9.17) is 4.42 Å². The summed E-state index contributed by atoms with van der Waals surface area (Å²) in [6.07, 6.45) is -4.47. The molecule has 1 N–H and O–H groups in total. The van der Waals surface area contributed by atoms with Gasteiger partial charge in [0.05, 0.1) is 11.1 Å². The highest BCUT2D eigenvalue weighted by molar-refractivity contribution is 6.05. The van der Waals surface area contributed by atoms with Crippen molar-refractivity contribution in [2.75, 3.05) is 5.32 Å². The zero-order chi connectivity index (χ0) is 18.9. The van der Waals surface area contributed by atoms with Crippen molar-refractivity contribution in [2.24, 2.45) is 0 Å². The number of aryl methyl sites for hydroxylation is 2. The average molecular weight is 359 g/mol. The van der Waals surface area contributed by atoms with Crippen LogP contribution in [0.4, 0.5) is 18.9 Å². The summed E-state index contributed by atoms with van der Waals surface area (Å²) in [4.78, 5) is 12.5. The van der Waals surface area contributed by atoms with Gasteiger partial charge in [0.15, 0.2) is 0 Å². The van der Waals surface area contributed by atoms with Crippen molar-refractivity contribution in [3.8, 4) is 11.3 Å². The zero-order valence-corrected chi connectivity index (χ0v) is 14.1. The highest BCUT2D eigenvalue weighted by Crippen LogP contribution is 2.32. The van der Waals surface area contributed by atoms with Crippen molar-refractivity contribution >= 4 is 11.6 Å². The molecule has 0 saturated carbocycles. The molecule has 2 aromatic carbocycles. The van der Waals surface area contributed by atoms with Crippen molar-refractivity contribution in [1.29, 1.82) is 0 Å². The molecule has 1 aromatic heterocycles. The first-order valence-electron chi connectivity index (χ1n) is 7.90. The molecule has 0 bridgehead atoms. The summed E-state index contributed by atoms with van der Waals surface area (Å²) in [5.74, 6) is 0.394. The second kappa shape index (κ2) is 6.71. The minimum Gasteiger partial charge on any atom is -0.461 e. The van der Waals surface area contributed by atoms with Crippen LogP contribution >= 0.6 is 0 Å². The number of hydrogen-bond donors (Lipinski definition) is 1. The molecule has 26 heavy (non-hydrogen) atoms. The van der Waals surface area contributed by atoms with E-state index in [0.29, 0.717) is 17.1 Å². The fourth-order valence-corrected chi connectivity index (χ4v) is 2.67. The van der Waals surface area contributed by atoms with Crippen LogP contribution in [-0.4, -0.2) is 5.91 Å². The predicted octanol–water partition coefficient (Wildman–Crippen LogP) is 5.83. The van der Waals surface area contributed by atoms with Gasteiger partial charge in [-0.3, -0.25) is 4.79 Å². The minimum atomic E-state index is -4.47. The summed E-state index contributed by atoms with van der Waals surface area (Å²) < 4.78 is 44.4. The predicted molar refractivity (Wildman–Crippen MR) is 93.0 cm³/mol. The van der Waals surface area contributed by atoms with Crippen LogP contribution in [0.25, 0.3) is 11.3 Å². The fourth-order valence-electron chi connectivity index (χ4n) is 2.67. The smallest absolute Gasteiger partial charge is 0.416 e. The van der Waals surface area contributed by atoms with Crippen LogP contribution in [0.3, 0.4) is 0 Å². The average Bonchev–Trinajstić information content (AvgIpc) is 2.96. The summed E-state index contributed by atoms with van der Waals surface area (Å²) >= 11 is 0. The van der Waals surface area contributed by atoms with E-state index in [1.807, 2.05) is 30.3 Å². The van der Waals surface area contributed by atoms with Crippen LogP contribution in [0, 0.1) is 13.8 Å². The molecular weight excluding hydrogens is 343 g/mol. The van der Waals surface area contributed by atoms with Crippen LogP contribution in [0.1, 0.15) is 27.2 Å². The standard InChI is InChI=1S/C20H16F3NO2/c1-12-8-15(20(21,22)23)10-16(9-12)24-19(25)17-11-18(26-13(17)2)14-6-4-3-5-7-14/h3-11H,1-2H3,(H,24,25). The molecule has 3 nitrogen and oxygen atoms in total. The lowest BCUT2D eigenvalue weighted by Crippen LogP contribution is -2.13. The molecule has 0 atom stereocenters. The highest BCUT2D eigenvalue weighted by atomic mass is 19.4. The molecule has 0 fully saturated rings. The first kappa shape index (κ1) is 17.8. The Hall–Kier alpha value is -3.02. The normalized spacial score (nSPS) is 11.4. The van der Waals surface area contributed by atoms with E-state index < -0.39 is 17.6 Å². The topological polar surface area (TPSA) is 42.2 Å². The summed E-state index contributed by atoms with van der Waals surface area (Å²) in [7, 11) is 0. The van der Waals surface area contributed by atoms with Gasteiger partial charge in [-0.25, -0.2) is 0 Å². The molecule has 0 unspecified atom stereocenters. The minimum absolute atomic E-state index is 0.0872. The number of carbonyl (C=O) groups is 1. The number of alkyl halides is 3. The summed E-state index contributed by atoms with van der Waals surface area (Å²) in [6.45, 7) is 3.18. The Morgan fingerprint density at radius 1 is 1.00 bits per heavy atom. The lowest BCUT2D eigenvalue weighted by Gasteiger charge is -2.11. The van der Waals surface area contributed by atoms with Gasteiger partial charge in [0.2, 0.25) is 0 Å². The highest BCUT2D eigenvalue weighted by Gasteiger charge is 2.31. The quantitative estimate of drug-likeness (QED) is 0.639. The van der Waals surface area contributed by atoms with Crippen LogP contribution in [0.2, 0.25) is 0 Å². The van der Waals surface area contributed by atoms with Crippen molar-refractivity contribution in [1.82, 2.24) is 0 Å². The number of furan rings is 1. The lowest BCUT2D eigenvalue weighted by molar-refractivity contribution is -0.137. The molecule has 0 aliphatic carbocycles. The van der Waals surface area contributed by atoms with E-state index in [2.05, 4.69) is 5.32 Å². The molecular formula is C20H16F3NO2. The van der Waals surface area contributed by atoms with Crippen LogP contribution in [-0.2, 0) is 6.18 Å². The molecule has 1 amide bonds. The van der Waals surface area contributed by atoms with Gasteiger partial charge in [-0.05, 0) is 43.7 Å². The third-order valence-corrected chi connectivity index (χ3v) is 3.88. The summed E-state index contributed by atoms with van der Waals surface area (Å²) in [5.41, 5.74) is 0.776. The number of benzene rings is 2. The number of rotatable bonds is 3. The maximum absolute atomic E-state index is 12.9. The third kappa shape index (κ3) is 3.79. The summed E-state index contributed by atoms with van der Waals surface area (Å²) in [6, 6.07) is 14.3. The van der Waals surface area contributed by atoms with Gasteiger partial charge >= 0.3 is 6.18 Å². The molecule has 0 radical (unpaired) electrons. The van der Waals surface area contributed by atoms with Crippen LogP contribution < -0.4 is 5.32 Å². The van der Waals surface area contributed by atoms with Gasteiger partial charge in [0.1, 0.15) is 11.5 Å². The molecule has 1 heterocycles. The third-order valence-electron chi connectivity index (χ3n) is 3.88. The Kier molecular flexibility index (Phi) is 4.59. The van der Waals surface area contributed by atoms with Gasteiger partial charge in [-0.2, -0.15) is 13.2 Å². The number of halogens is 3. The van der Waals surface area contributed by atoms with Gasteiger partial charge < -0.3 is 9.73 Å². The van der Waals surface area contributed by atoms with Crippen molar-refractivity contribution in [3.63, 3.8) is 0 Å². The fraction of sp³-hybridized carbons (Fsp3) is 0.150. The SMILES string of the molecule is Cc1cc(NC(=O)c2cc(-c3ccccc3)oc2C)cc(C(F)(F)F)c1. The summed E-state index contributed by atoms with van der Waals surface area (Å²) in [5, 5.41) is 2.52. The van der Waals surface area contributed by atoms with Gasteiger partial charge in [0.25, 0.3) is 5.91 Å². The van der Waals surface area contributed by atoms with E-state index in [1.54, 1.807) is 19.9 Å². The Morgan fingerprint density at radius 2 is 1.69 bits per heavy atom. The Bertz CT molecular complexity index is 943. The van der Waals surface area contributed by atoms with Gasteiger partial charge in [-0.1, -0.05) is 30.3 Å². The number of amides is 1. The maximum Gasteiger partial charge on any atom is 0.416 e. The van der Waals surface area contributed by atoms with Crippen LogP contribution in [0.5, 0.6) is 0 Å². The first-order valence-corrected chi connectivity index (χ1v) is 7.90. The van der Waals surface area contributed by atoms with Gasteiger partial charge in [0, 0.05) is 11.3 Å². The van der Waals surface area contributed by atoms with Crippen molar-refractivity contribution in [3.05, 3.63) is 77.0 Å². The first-order chi connectivity index (χ1) is 12.2. The molecule has 3 aromatic rings. The lowest BCUT2D eigenvalue weighted by atomic mass is 10.1. The second-order valence-electron chi connectivity index (χ2n) is 5.99. The largest absolute Gasteiger partial charge is 0.461 e. The molecule has 0 aliphatic heterocycles. The van der Waals surface area contributed by atoms with Crippen molar-refractivity contribution < 1.29 is 22.4 Å². The van der Waals surface area contributed by atoms with E-state index in [-0.39, 0.29) is 11.3 Å². The van der Waals surface area contributed by atoms with Crippen LogP contribution in [0.15, 0.2) is 59.0 Å². The number of hydrogen-bond acceptors (Lipinski definition) is 2. The second-order valence-corrected chi connectivity index (χ2v) is 5.99. The van der Waals surface area contributed by atoms with E-state index in [9.17, 15) is 18.0 Å². The van der Waals surface area contributed by atoms with Gasteiger partial charge in [-0.15, -0.1) is 0 Å². The maximum atomic E-state index is 12.9.